The average molecular weight is 467 g/mol. The molecule has 3 aromatic rings. The lowest BCUT2D eigenvalue weighted by Crippen LogP contribution is -2.33. The summed E-state index contributed by atoms with van der Waals surface area (Å²) in [5.41, 5.74) is 2.74. The van der Waals surface area contributed by atoms with Crippen LogP contribution in [-0.4, -0.2) is 41.9 Å². The maximum Gasteiger partial charge on any atom is 0.290 e. The van der Waals surface area contributed by atoms with Crippen LogP contribution in [0.1, 0.15) is 73.3 Å². The standard InChI is InChI=1S/C27H31ClN2O3/c1-5-29(6-2)14-7-15-30-24(19-10-8-18(9-11-19)17(3)4)23-25(31)21-16-20(28)12-13-22(21)33-26(23)27(30)32/h8-13,16-17,24H,5-7,14-15H2,1-4H3/t24-/m1/s1. The third kappa shape index (κ3) is 4.44. The number of carbonyl (C=O) groups is 1. The zero-order valence-electron chi connectivity index (χ0n) is 19.7. The minimum Gasteiger partial charge on any atom is -0.450 e. The Labute approximate surface area is 199 Å². The van der Waals surface area contributed by atoms with Gasteiger partial charge in [-0.15, -0.1) is 0 Å². The van der Waals surface area contributed by atoms with Gasteiger partial charge < -0.3 is 14.2 Å². The molecule has 0 spiro atoms. The quantitative estimate of drug-likeness (QED) is 0.418. The van der Waals surface area contributed by atoms with Gasteiger partial charge in [-0.2, -0.15) is 0 Å². The Morgan fingerprint density at radius 3 is 2.39 bits per heavy atom. The molecule has 0 N–H and O–H groups in total. The van der Waals surface area contributed by atoms with Crippen molar-refractivity contribution >= 4 is 28.5 Å². The Kier molecular flexibility index (Phi) is 6.91. The van der Waals surface area contributed by atoms with Gasteiger partial charge in [0.15, 0.2) is 5.43 Å². The molecule has 33 heavy (non-hydrogen) atoms. The molecule has 0 saturated heterocycles. The summed E-state index contributed by atoms with van der Waals surface area (Å²) < 4.78 is 6.01. The number of carbonyl (C=O) groups excluding carboxylic acids is 1. The van der Waals surface area contributed by atoms with Gasteiger partial charge in [0.05, 0.1) is 17.0 Å². The molecule has 4 rings (SSSR count). The third-order valence-electron chi connectivity index (χ3n) is 6.61. The lowest BCUT2D eigenvalue weighted by atomic mass is 9.95. The van der Waals surface area contributed by atoms with Crippen LogP contribution in [0.15, 0.2) is 51.7 Å². The van der Waals surface area contributed by atoms with Crippen LogP contribution in [0.5, 0.6) is 0 Å². The number of nitrogens with zero attached hydrogens (tertiary/aromatic N) is 2. The van der Waals surface area contributed by atoms with E-state index in [4.69, 9.17) is 16.0 Å². The molecular formula is C27H31ClN2O3. The predicted octanol–water partition coefficient (Wildman–Crippen LogP) is 5.85. The SMILES string of the molecule is CCN(CC)CCCN1C(=O)c2oc3ccc(Cl)cc3c(=O)c2[C@H]1c1ccc(C(C)C)cc1. The van der Waals surface area contributed by atoms with E-state index in [2.05, 4.69) is 44.7 Å². The molecule has 1 aliphatic rings. The summed E-state index contributed by atoms with van der Waals surface area (Å²) in [5, 5.41) is 0.871. The first-order valence-corrected chi connectivity index (χ1v) is 12.1. The van der Waals surface area contributed by atoms with Gasteiger partial charge in [-0.1, -0.05) is 63.6 Å². The molecule has 0 bridgehead atoms. The monoisotopic (exact) mass is 466 g/mol. The highest BCUT2D eigenvalue weighted by Gasteiger charge is 2.42. The Hall–Kier alpha value is -2.63. The molecule has 1 aromatic heterocycles. The zero-order chi connectivity index (χ0) is 23.7. The van der Waals surface area contributed by atoms with E-state index in [1.165, 1.54) is 5.56 Å². The second-order valence-electron chi connectivity index (χ2n) is 8.92. The molecule has 1 amide bonds. The number of benzene rings is 2. The lowest BCUT2D eigenvalue weighted by Gasteiger charge is -2.27. The summed E-state index contributed by atoms with van der Waals surface area (Å²) in [6, 6.07) is 12.7. The number of fused-ring (bicyclic) bond motifs is 2. The van der Waals surface area contributed by atoms with Crippen LogP contribution in [0, 0.1) is 0 Å². The van der Waals surface area contributed by atoms with E-state index in [-0.39, 0.29) is 17.1 Å². The fraction of sp³-hybridized carbons (Fsp3) is 0.407. The smallest absolute Gasteiger partial charge is 0.290 e. The molecule has 0 unspecified atom stereocenters. The van der Waals surface area contributed by atoms with Gasteiger partial charge in [0.2, 0.25) is 5.76 Å². The number of rotatable bonds is 8. The highest BCUT2D eigenvalue weighted by Crippen LogP contribution is 2.38. The molecule has 6 heteroatoms. The second kappa shape index (κ2) is 9.70. The van der Waals surface area contributed by atoms with Crippen molar-refractivity contribution < 1.29 is 9.21 Å². The van der Waals surface area contributed by atoms with E-state index >= 15 is 0 Å². The van der Waals surface area contributed by atoms with Crippen LogP contribution in [0.2, 0.25) is 5.02 Å². The van der Waals surface area contributed by atoms with Gasteiger partial charge in [0.1, 0.15) is 5.58 Å². The molecule has 2 heterocycles. The van der Waals surface area contributed by atoms with Crippen molar-refractivity contribution in [2.75, 3.05) is 26.2 Å². The first-order chi connectivity index (χ1) is 15.8. The van der Waals surface area contributed by atoms with E-state index in [1.807, 2.05) is 12.1 Å². The third-order valence-corrected chi connectivity index (χ3v) is 6.85. The minimum absolute atomic E-state index is 0.149. The highest BCUT2D eigenvalue weighted by molar-refractivity contribution is 6.31. The van der Waals surface area contributed by atoms with Crippen molar-refractivity contribution in [3.05, 3.63) is 80.2 Å². The first-order valence-electron chi connectivity index (χ1n) is 11.7. The van der Waals surface area contributed by atoms with E-state index < -0.39 is 6.04 Å². The van der Waals surface area contributed by atoms with Gasteiger partial charge in [0, 0.05) is 11.6 Å². The molecule has 0 saturated carbocycles. The maximum atomic E-state index is 13.6. The lowest BCUT2D eigenvalue weighted by molar-refractivity contribution is 0.0720. The van der Waals surface area contributed by atoms with Crippen LogP contribution < -0.4 is 5.43 Å². The van der Waals surface area contributed by atoms with Crippen LogP contribution in [0.4, 0.5) is 0 Å². The molecule has 2 aromatic carbocycles. The number of halogens is 1. The molecule has 5 nitrogen and oxygen atoms in total. The van der Waals surface area contributed by atoms with Crippen LogP contribution in [0.25, 0.3) is 11.0 Å². The van der Waals surface area contributed by atoms with Crippen molar-refractivity contribution in [2.45, 2.75) is 46.1 Å². The number of amides is 1. The maximum absolute atomic E-state index is 13.6. The van der Waals surface area contributed by atoms with Crippen molar-refractivity contribution in [2.24, 2.45) is 0 Å². The molecule has 0 radical (unpaired) electrons. The summed E-state index contributed by atoms with van der Waals surface area (Å²) >= 11 is 6.16. The topological polar surface area (TPSA) is 53.8 Å². The molecule has 1 aliphatic heterocycles. The Morgan fingerprint density at radius 1 is 1.06 bits per heavy atom. The molecule has 0 aliphatic carbocycles. The molecule has 0 fully saturated rings. The fourth-order valence-electron chi connectivity index (χ4n) is 4.64. The largest absolute Gasteiger partial charge is 0.450 e. The summed E-state index contributed by atoms with van der Waals surface area (Å²) in [4.78, 5) is 31.2. The molecular weight excluding hydrogens is 436 g/mol. The zero-order valence-corrected chi connectivity index (χ0v) is 20.5. The van der Waals surface area contributed by atoms with Crippen molar-refractivity contribution in [3.63, 3.8) is 0 Å². The molecule has 1 atom stereocenters. The van der Waals surface area contributed by atoms with Gasteiger partial charge >= 0.3 is 0 Å². The van der Waals surface area contributed by atoms with E-state index in [0.29, 0.717) is 34.0 Å². The van der Waals surface area contributed by atoms with E-state index in [1.54, 1.807) is 23.1 Å². The summed E-state index contributed by atoms with van der Waals surface area (Å²) in [6.45, 7) is 11.9. The van der Waals surface area contributed by atoms with Gasteiger partial charge in [-0.05, 0) is 61.3 Å². The first kappa shape index (κ1) is 23.5. The predicted molar refractivity (Wildman–Crippen MR) is 133 cm³/mol. The summed E-state index contributed by atoms with van der Waals surface area (Å²) in [7, 11) is 0. The second-order valence-corrected chi connectivity index (χ2v) is 9.35. The van der Waals surface area contributed by atoms with E-state index in [0.717, 1.165) is 31.6 Å². The van der Waals surface area contributed by atoms with Gasteiger partial charge in [-0.3, -0.25) is 9.59 Å². The normalized spacial score (nSPS) is 15.8. The fourth-order valence-corrected chi connectivity index (χ4v) is 4.81. The Balaban J connectivity index is 1.80. The Morgan fingerprint density at radius 2 is 1.76 bits per heavy atom. The van der Waals surface area contributed by atoms with Gasteiger partial charge in [0.25, 0.3) is 5.91 Å². The molecule has 174 valence electrons. The number of hydrogen-bond donors (Lipinski definition) is 0. The average Bonchev–Trinajstić information content (AvgIpc) is 3.09. The van der Waals surface area contributed by atoms with Gasteiger partial charge in [-0.25, -0.2) is 0 Å². The summed E-state index contributed by atoms with van der Waals surface area (Å²) in [6.07, 6.45) is 0.821. The van der Waals surface area contributed by atoms with Crippen LogP contribution in [0.3, 0.4) is 0 Å². The van der Waals surface area contributed by atoms with Crippen molar-refractivity contribution in [3.8, 4) is 0 Å². The Bertz CT molecular complexity index is 1210. The highest BCUT2D eigenvalue weighted by atomic mass is 35.5. The minimum atomic E-state index is -0.468. The van der Waals surface area contributed by atoms with Crippen LogP contribution >= 0.6 is 11.6 Å². The van der Waals surface area contributed by atoms with Crippen LogP contribution in [-0.2, 0) is 0 Å². The van der Waals surface area contributed by atoms with Crippen molar-refractivity contribution in [1.29, 1.82) is 0 Å². The van der Waals surface area contributed by atoms with E-state index in [9.17, 15) is 9.59 Å². The summed E-state index contributed by atoms with van der Waals surface area (Å²) in [5.74, 6) is 0.324. The van der Waals surface area contributed by atoms with Crippen molar-refractivity contribution in [1.82, 2.24) is 9.80 Å². The number of hydrogen-bond acceptors (Lipinski definition) is 4.